The zero-order chi connectivity index (χ0) is 19.9. The van der Waals surface area contributed by atoms with E-state index in [1.807, 2.05) is 12.1 Å². The first kappa shape index (κ1) is 19.1. The molecule has 0 atom stereocenters. The Morgan fingerprint density at radius 3 is 2.79 bits per heavy atom. The van der Waals surface area contributed by atoms with Crippen molar-refractivity contribution in [3.05, 3.63) is 75.3 Å². The van der Waals surface area contributed by atoms with Crippen molar-refractivity contribution in [2.75, 3.05) is 17.7 Å². The van der Waals surface area contributed by atoms with Crippen molar-refractivity contribution in [2.45, 2.75) is 17.9 Å². The fourth-order valence-electron chi connectivity index (χ4n) is 3.25. The molecule has 2 aromatic carbocycles. The highest BCUT2D eigenvalue weighted by atomic mass is 35.5. The Morgan fingerprint density at radius 1 is 1.21 bits per heavy atom. The van der Waals surface area contributed by atoms with Gasteiger partial charge in [0.2, 0.25) is 5.78 Å². The summed E-state index contributed by atoms with van der Waals surface area (Å²) in [5.74, 6) is -0.227. The maximum absolute atomic E-state index is 12.8. The largest absolute Gasteiger partial charge is 0.343 e. The minimum atomic E-state index is -3.37. The predicted octanol–water partition coefficient (Wildman–Crippen LogP) is 3.99. The molecular formula is C20H17ClN2O3S2. The van der Waals surface area contributed by atoms with Crippen LogP contribution in [0.2, 0.25) is 5.02 Å². The van der Waals surface area contributed by atoms with Crippen LogP contribution in [0.15, 0.2) is 53.6 Å². The molecule has 0 bridgehead atoms. The molecule has 8 heteroatoms. The van der Waals surface area contributed by atoms with E-state index in [4.69, 9.17) is 11.6 Å². The number of anilines is 1. The van der Waals surface area contributed by atoms with Crippen LogP contribution < -0.4 is 4.90 Å². The summed E-state index contributed by atoms with van der Waals surface area (Å²) in [6, 6.07) is 12.0. The topological polar surface area (TPSA) is 67.3 Å². The number of ketones is 1. The fourth-order valence-corrected chi connectivity index (χ4v) is 5.11. The summed E-state index contributed by atoms with van der Waals surface area (Å²) in [6.45, 7) is 1.47. The normalized spacial score (nSPS) is 14.0. The Kier molecular flexibility index (Phi) is 4.99. The van der Waals surface area contributed by atoms with Crippen LogP contribution in [-0.4, -0.2) is 32.0 Å². The van der Waals surface area contributed by atoms with Gasteiger partial charge in [-0.15, -0.1) is 0 Å². The first-order chi connectivity index (χ1) is 13.3. The molecule has 0 radical (unpaired) electrons. The summed E-state index contributed by atoms with van der Waals surface area (Å²) in [6.07, 6.45) is 3.51. The summed E-state index contributed by atoms with van der Waals surface area (Å²) < 4.78 is 23.5. The van der Waals surface area contributed by atoms with Crippen molar-refractivity contribution in [3.8, 4) is 0 Å². The molecule has 0 amide bonds. The van der Waals surface area contributed by atoms with Gasteiger partial charge in [-0.3, -0.25) is 4.79 Å². The molecule has 0 fully saturated rings. The lowest BCUT2D eigenvalue weighted by atomic mass is 10.0. The van der Waals surface area contributed by atoms with Gasteiger partial charge in [0.05, 0.1) is 16.0 Å². The van der Waals surface area contributed by atoms with Gasteiger partial charge in [-0.25, -0.2) is 13.4 Å². The zero-order valence-corrected chi connectivity index (χ0v) is 17.4. The van der Waals surface area contributed by atoms with Gasteiger partial charge < -0.3 is 4.90 Å². The predicted molar refractivity (Wildman–Crippen MR) is 111 cm³/mol. The summed E-state index contributed by atoms with van der Waals surface area (Å²) >= 11 is 7.59. The third kappa shape index (κ3) is 3.70. The minimum Gasteiger partial charge on any atom is -0.343 e. The van der Waals surface area contributed by atoms with Crippen LogP contribution in [-0.2, 0) is 22.8 Å². The molecule has 0 N–H and O–H groups in total. The van der Waals surface area contributed by atoms with Crippen molar-refractivity contribution in [1.29, 1.82) is 0 Å². The Bertz CT molecular complexity index is 1170. The van der Waals surface area contributed by atoms with E-state index >= 15 is 0 Å². The third-order valence-electron chi connectivity index (χ3n) is 4.72. The van der Waals surface area contributed by atoms with Crippen molar-refractivity contribution in [2.24, 2.45) is 0 Å². The Morgan fingerprint density at radius 2 is 2.00 bits per heavy atom. The molecule has 5 nitrogen and oxygen atoms in total. The highest BCUT2D eigenvalue weighted by Crippen LogP contribution is 2.32. The minimum absolute atomic E-state index is 0.132. The number of aromatic nitrogens is 1. The van der Waals surface area contributed by atoms with Crippen molar-refractivity contribution in [1.82, 2.24) is 4.98 Å². The number of rotatable bonds is 4. The highest BCUT2D eigenvalue weighted by Gasteiger charge is 2.22. The summed E-state index contributed by atoms with van der Waals surface area (Å²) in [7, 11) is -3.37. The molecule has 0 unspecified atom stereocenters. The quantitative estimate of drug-likeness (QED) is 0.583. The summed E-state index contributed by atoms with van der Waals surface area (Å²) in [5, 5.41) is 1.56. The van der Waals surface area contributed by atoms with E-state index in [-0.39, 0.29) is 10.7 Å². The van der Waals surface area contributed by atoms with E-state index in [9.17, 15) is 13.2 Å². The molecule has 0 saturated heterocycles. The van der Waals surface area contributed by atoms with Gasteiger partial charge in [0.25, 0.3) is 0 Å². The van der Waals surface area contributed by atoms with Gasteiger partial charge in [-0.05, 0) is 35.7 Å². The Balaban J connectivity index is 1.58. The number of fused-ring (bicyclic) bond motifs is 1. The standard InChI is InChI=1S/C20H17ClN2O3S2/c1-28(25,26)15-6-2-4-13(10-15)19(24)18-11-22-20(27-18)23-9-8-16-14(12-23)5-3-7-17(16)21/h2-7,10-11H,8-9,12H2,1H3. The molecule has 3 aromatic rings. The number of carbonyl (C=O) groups is 1. The smallest absolute Gasteiger partial charge is 0.204 e. The Labute approximate surface area is 172 Å². The molecule has 1 aliphatic rings. The number of thiazole rings is 1. The average molecular weight is 433 g/mol. The van der Waals surface area contributed by atoms with Gasteiger partial charge in [0.1, 0.15) is 0 Å². The number of benzene rings is 2. The van der Waals surface area contributed by atoms with Crippen LogP contribution in [0.4, 0.5) is 5.13 Å². The van der Waals surface area contributed by atoms with Crippen LogP contribution in [0.5, 0.6) is 0 Å². The Hall–Kier alpha value is -2.22. The highest BCUT2D eigenvalue weighted by molar-refractivity contribution is 7.90. The van der Waals surface area contributed by atoms with Gasteiger partial charge in [0, 0.05) is 29.9 Å². The van der Waals surface area contributed by atoms with Crippen LogP contribution in [0, 0.1) is 0 Å². The molecule has 0 spiro atoms. The van der Waals surface area contributed by atoms with Crippen molar-refractivity contribution < 1.29 is 13.2 Å². The lowest BCUT2D eigenvalue weighted by Crippen LogP contribution is -2.30. The molecular weight excluding hydrogens is 416 g/mol. The number of halogens is 1. The number of hydrogen-bond donors (Lipinski definition) is 0. The van der Waals surface area contributed by atoms with Crippen LogP contribution >= 0.6 is 22.9 Å². The summed E-state index contributed by atoms with van der Waals surface area (Å²) in [5.41, 5.74) is 2.68. The van der Waals surface area contributed by atoms with Crippen LogP contribution in [0.3, 0.4) is 0 Å². The second-order valence-electron chi connectivity index (χ2n) is 6.69. The van der Waals surface area contributed by atoms with Gasteiger partial charge in [0.15, 0.2) is 15.0 Å². The fraction of sp³-hybridized carbons (Fsp3) is 0.200. The third-order valence-corrected chi connectivity index (χ3v) is 7.24. The maximum atomic E-state index is 12.8. The number of nitrogens with zero attached hydrogens (tertiary/aromatic N) is 2. The molecule has 144 valence electrons. The van der Waals surface area contributed by atoms with E-state index in [0.29, 0.717) is 17.0 Å². The van der Waals surface area contributed by atoms with E-state index in [1.165, 1.54) is 34.6 Å². The molecule has 1 aromatic heterocycles. The van der Waals surface area contributed by atoms with Gasteiger partial charge >= 0.3 is 0 Å². The first-order valence-electron chi connectivity index (χ1n) is 8.65. The van der Waals surface area contributed by atoms with E-state index < -0.39 is 9.84 Å². The molecule has 28 heavy (non-hydrogen) atoms. The number of hydrogen-bond acceptors (Lipinski definition) is 6. The zero-order valence-electron chi connectivity index (χ0n) is 15.1. The maximum Gasteiger partial charge on any atom is 0.204 e. The number of carbonyl (C=O) groups excluding carboxylic acids is 1. The van der Waals surface area contributed by atoms with Gasteiger partial charge in [-0.2, -0.15) is 0 Å². The molecule has 4 rings (SSSR count). The van der Waals surface area contributed by atoms with Crippen molar-refractivity contribution >= 4 is 43.7 Å². The second-order valence-corrected chi connectivity index (χ2v) is 10.1. The lowest BCUT2D eigenvalue weighted by molar-refractivity contribution is 0.104. The lowest BCUT2D eigenvalue weighted by Gasteiger charge is -2.28. The second kappa shape index (κ2) is 7.31. The van der Waals surface area contributed by atoms with E-state index in [2.05, 4.69) is 16.0 Å². The van der Waals surface area contributed by atoms with E-state index in [1.54, 1.807) is 18.3 Å². The number of sulfone groups is 1. The van der Waals surface area contributed by atoms with Crippen LogP contribution in [0.1, 0.15) is 26.4 Å². The van der Waals surface area contributed by atoms with Crippen LogP contribution in [0.25, 0.3) is 0 Å². The molecule has 2 heterocycles. The van der Waals surface area contributed by atoms with Crippen molar-refractivity contribution in [3.63, 3.8) is 0 Å². The average Bonchev–Trinajstić information content (AvgIpc) is 3.17. The van der Waals surface area contributed by atoms with Gasteiger partial charge in [-0.1, -0.05) is 47.2 Å². The monoisotopic (exact) mass is 432 g/mol. The SMILES string of the molecule is CS(=O)(=O)c1cccc(C(=O)c2cnc(N3CCc4c(Cl)cccc4C3)s2)c1. The first-order valence-corrected chi connectivity index (χ1v) is 11.7. The molecule has 0 aliphatic carbocycles. The summed E-state index contributed by atoms with van der Waals surface area (Å²) in [4.78, 5) is 20.0. The molecule has 1 aliphatic heterocycles. The van der Waals surface area contributed by atoms with E-state index in [0.717, 1.165) is 29.4 Å². The molecule has 0 saturated carbocycles.